The van der Waals surface area contributed by atoms with Gasteiger partial charge in [0.25, 0.3) is 5.91 Å². The predicted octanol–water partition coefficient (Wildman–Crippen LogP) is 3.15. The maximum Gasteiger partial charge on any atom is 0.256 e. The summed E-state index contributed by atoms with van der Waals surface area (Å²) < 4.78 is 5.23. The molecule has 104 valence electrons. The number of nitrogens with one attached hydrogen (secondary N) is 1. The van der Waals surface area contributed by atoms with Gasteiger partial charge in [0.2, 0.25) is 0 Å². The molecule has 0 aliphatic heterocycles. The van der Waals surface area contributed by atoms with Gasteiger partial charge < -0.3 is 15.8 Å². The molecule has 0 heterocycles. The zero-order chi connectivity index (χ0) is 14.7. The molecule has 20 heavy (non-hydrogen) atoms. The van der Waals surface area contributed by atoms with Gasteiger partial charge in [0.1, 0.15) is 5.75 Å². The summed E-state index contributed by atoms with van der Waals surface area (Å²) in [6.07, 6.45) is 0. The van der Waals surface area contributed by atoms with Gasteiger partial charge >= 0.3 is 0 Å². The highest BCUT2D eigenvalue weighted by Crippen LogP contribution is 2.27. The SMILES string of the molecule is COc1ccc(N)cc1NC(=O)c1c(C)cccc1C. The highest BCUT2D eigenvalue weighted by molar-refractivity contribution is 6.07. The molecule has 3 N–H and O–H groups in total. The average Bonchev–Trinajstić information content (AvgIpc) is 2.38. The maximum atomic E-state index is 12.4. The van der Waals surface area contributed by atoms with Crippen LogP contribution in [-0.2, 0) is 0 Å². The summed E-state index contributed by atoms with van der Waals surface area (Å²) in [4.78, 5) is 12.4. The van der Waals surface area contributed by atoms with Gasteiger partial charge in [0.05, 0.1) is 12.8 Å². The van der Waals surface area contributed by atoms with Crippen molar-refractivity contribution in [3.8, 4) is 5.75 Å². The number of anilines is 2. The third kappa shape index (κ3) is 2.74. The van der Waals surface area contributed by atoms with E-state index in [-0.39, 0.29) is 5.91 Å². The van der Waals surface area contributed by atoms with Crippen molar-refractivity contribution in [2.45, 2.75) is 13.8 Å². The molecule has 0 saturated heterocycles. The monoisotopic (exact) mass is 270 g/mol. The number of benzene rings is 2. The quantitative estimate of drug-likeness (QED) is 0.842. The van der Waals surface area contributed by atoms with Crippen LogP contribution >= 0.6 is 0 Å². The third-order valence-electron chi connectivity index (χ3n) is 3.18. The lowest BCUT2D eigenvalue weighted by atomic mass is 10.0. The number of carbonyl (C=O) groups is 1. The fourth-order valence-electron chi connectivity index (χ4n) is 2.18. The van der Waals surface area contributed by atoms with Crippen LogP contribution in [0.1, 0.15) is 21.5 Å². The van der Waals surface area contributed by atoms with Crippen LogP contribution in [0.25, 0.3) is 0 Å². The van der Waals surface area contributed by atoms with Gasteiger partial charge in [-0.15, -0.1) is 0 Å². The first-order valence-electron chi connectivity index (χ1n) is 6.34. The topological polar surface area (TPSA) is 64.3 Å². The smallest absolute Gasteiger partial charge is 0.256 e. The van der Waals surface area contributed by atoms with Crippen molar-refractivity contribution in [2.24, 2.45) is 0 Å². The molecule has 4 nitrogen and oxygen atoms in total. The van der Waals surface area contributed by atoms with Crippen LogP contribution < -0.4 is 15.8 Å². The number of hydrogen-bond donors (Lipinski definition) is 2. The van der Waals surface area contributed by atoms with E-state index in [9.17, 15) is 4.79 Å². The number of nitrogens with two attached hydrogens (primary N) is 1. The first-order valence-corrected chi connectivity index (χ1v) is 6.34. The maximum absolute atomic E-state index is 12.4. The molecule has 0 unspecified atom stereocenters. The number of rotatable bonds is 3. The fourth-order valence-corrected chi connectivity index (χ4v) is 2.18. The van der Waals surface area contributed by atoms with Crippen molar-refractivity contribution in [2.75, 3.05) is 18.2 Å². The van der Waals surface area contributed by atoms with Crippen molar-refractivity contribution < 1.29 is 9.53 Å². The van der Waals surface area contributed by atoms with Gasteiger partial charge in [-0.25, -0.2) is 0 Å². The Hall–Kier alpha value is -2.49. The second-order valence-electron chi connectivity index (χ2n) is 4.68. The zero-order valence-electron chi connectivity index (χ0n) is 11.9. The summed E-state index contributed by atoms with van der Waals surface area (Å²) in [5, 5.41) is 2.86. The van der Waals surface area contributed by atoms with E-state index in [0.717, 1.165) is 11.1 Å². The first kappa shape index (κ1) is 13.9. The second kappa shape index (κ2) is 5.65. The molecule has 4 heteroatoms. The Labute approximate surface area is 118 Å². The Balaban J connectivity index is 2.35. The van der Waals surface area contributed by atoms with Crippen LogP contribution in [0.5, 0.6) is 5.75 Å². The van der Waals surface area contributed by atoms with E-state index >= 15 is 0 Å². The van der Waals surface area contributed by atoms with E-state index < -0.39 is 0 Å². The summed E-state index contributed by atoms with van der Waals surface area (Å²) in [6.45, 7) is 3.83. The van der Waals surface area contributed by atoms with Gasteiger partial charge in [-0.1, -0.05) is 18.2 Å². The molecule has 0 radical (unpaired) electrons. The van der Waals surface area contributed by atoms with Crippen LogP contribution in [0.15, 0.2) is 36.4 Å². The molecule has 2 aromatic carbocycles. The largest absolute Gasteiger partial charge is 0.495 e. The molecule has 2 aromatic rings. The molecule has 0 aliphatic rings. The number of amides is 1. The molecule has 0 fully saturated rings. The van der Waals surface area contributed by atoms with Gasteiger partial charge in [-0.3, -0.25) is 4.79 Å². The molecule has 0 aliphatic carbocycles. The van der Waals surface area contributed by atoms with Crippen molar-refractivity contribution in [3.05, 3.63) is 53.1 Å². The minimum Gasteiger partial charge on any atom is -0.495 e. The molecule has 0 atom stereocenters. The minimum atomic E-state index is -0.162. The Kier molecular flexibility index (Phi) is 3.94. The lowest BCUT2D eigenvalue weighted by Crippen LogP contribution is -2.15. The third-order valence-corrected chi connectivity index (χ3v) is 3.18. The molecule has 0 saturated carbocycles. The Morgan fingerprint density at radius 2 is 1.80 bits per heavy atom. The highest BCUT2D eigenvalue weighted by atomic mass is 16.5. The van der Waals surface area contributed by atoms with E-state index in [2.05, 4.69) is 5.32 Å². The van der Waals surface area contributed by atoms with Gasteiger partial charge in [0.15, 0.2) is 0 Å². The number of nitrogen functional groups attached to an aromatic ring is 1. The molecular weight excluding hydrogens is 252 g/mol. The number of carbonyl (C=O) groups excluding carboxylic acids is 1. The summed E-state index contributed by atoms with van der Waals surface area (Å²) in [5.41, 5.74) is 9.44. The minimum absolute atomic E-state index is 0.162. The fraction of sp³-hybridized carbons (Fsp3) is 0.188. The van der Waals surface area contributed by atoms with E-state index in [1.807, 2.05) is 32.0 Å². The second-order valence-corrected chi connectivity index (χ2v) is 4.68. The molecular formula is C16H18N2O2. The van der Waals surface area contributed by atoms with E-state index in [4.69, 9.17) is 10.5 Å². The zero-order valence-corrected chi connectivity index (χ0v) is 11.9. The Bertz CT molecular complexity index is 631. The average molecular weight is 270 g/mol. The molecule has 0 spiro atoms. The normalized spacial score (nSPS) is 10.2. The van der Waals surface area contributed by atoms with Crippen molar-refractivity contribution in [1.29, 1.82) is 0 Å². The molecule has 0 bridgehead atoms. The van der Waals surface area contributed by atoms with Crippen LogP contribution in [0.2, 0.25) is 0 Å². The highest BCUT2D eigenvalue weighted by Gasteiger charge is 2.14. The number of aryl methyl sites for hydroxylation is 2. The van der Waals surface area contributed by atoms with Gasteiger partial charge in [0, 0.05) is 11.3 Å². The standard InChI is InChI=1S/C16H18N2O2/c1-10-5-4-6-11(2)15(10)16(19)18-13-9-12(17)7-8-14(13)20-3/h4-9H,17H2,1-3H3,(H,18,19). The van der Waals surface area contributed by atoms with Crippen molar-refractivity contribution >= 4 is 17.3 Å². The lowest BCUT2D eigenvalue weighted by molar-refractivity contribution is 0.102. The Morgan fingerprint density at radius 1 is 1.15 bits per heavy atom. The predicted molar refractivity (Wildman–Crippen MR) is 81.3 cm³/mol. The van der Waals surface area contributed by atoms with Gasteiger partial charge in [-0.2, -0.15) is 0 Å². The first-order chi connectivity index (χ1) is 9.52. The van der Waals surface area contributed by atoms with Crippen LogP contribution in [0.4, 0.5) is 11.4 Å². The van der Waals surface area contributed by atoms with E-state index in [1.54, 1.807) is 25.3 Å². The van der Waals surface area contributed by atoms with Crippen LogP contribution in [0.3, 0.4) is 0 Å². The molecule has 2 rings (SSSR count). The molecule has 1 amide bonds. The van der Waals surface area contributed by atoms with Crippen LogP contribution in [0, 0.1) is 13.8 Å². The Morgan fingerprint density at radius 3 is 2.40 bits per heavy atom. The summed E-state index contributed by atoms with van der Waals surface area (Å²) in [6, 6.07) is 10.9. The van der Waals surface area contributed by atoms with E-state index in [1.165, 1.54) is 0 Å². The van der Waals surface area contributed by atoms with Crippen LogP contribution in [-0.4, -0.2) is 13.0 Å². The lowest BCUT2D eigenvalue weighted by Gasteiger charge is -2.13. The number of ether oxygens (including phenoxy) is 1. The molecule has 0 aromatic heterocycles. The number of hydrogen-bond acceptors (Lipinski definition) is 3. The number of methoxy groups -OCH3 is 1. The van der Waals surface area contributed by atoms with E-state index in [0.29, 0.717) is 22.7 Å². The van der Waals surface area contributed by atoms with Crippen molar-refractivity contribution in [1.82, 2.24) is 0 Å². The summed E-state index contributed by atoms with van der Waals surface area (Å²) in [5.74, 6) is 0.420. The summed E-state index contributed by atoms with van der Waals surface area (Å²) in [7, 11) is 1.56. The summed E-state index contributed by atoms with van der Waals surface area (Å²) >= 11 is 0. The van der Waals surface area contributed by atoms with Gasteiger partial charge in [-0.05, 0) is 43.2 Å². The van der Waals surface area contributed by atoms with Crippen molar-refractivity contribution in [3.63, 3.8) is 0 Å².